The molecular formula is C12H23NO2. The maximum atomic E-state index is 9.22. The molecule has 88 valence electrons. The molecule has 0 aromatic rings. The number of aliphatic hydroxyl groups excluding tert-OH is 1. The molecular weight excluding hydrogens is 190 g/mol. The van der Waals surface area contributed by atoms with Gasteiger partial charge >= 0.3 is 0 Å². The van der Waals surface area contributed by atoms with Gasteiger partial charge in [0, 0.05) is 31.2 Å². The quantitative estimate of drug-likeness (QED) is 0.723. The van der Waals surface area contributed by atoms with Crippen LogP contribution in [0.2, 0.25) is 0 Å². The molecule has 2 fully saturated rings. The van der Waals surface area contributed by atoms with E-state index in [9.17, 15) is 5.11 Å². The molecule has 0 bridgehead atoms. The van der Waals surface area contributed by atoms with E-state index in [0.29, 0.717) is 18.8 Å². The van der Waals surface area contributed by atoms with Crippen molar-refractivity contribution < 1.29 is 9.84 Å². The van der Waals surface area contributed by atoms with Crippen molar-refractivity contribution in [1.29, 1.82) is 0 Å². The summed E-state index contributed by atoms with van der Waals surface area (Å²) in [6.45, 7) is 4.41. The number of hydrogen-bond acceptors (Lipinski definition) is 3. The molecule has 2 atom stereocenters. The number of ether oxygens (including phenoxy) is 1. The van der Waals surface area contributed by atoms with Gasteiger partial charge in [0.15, 0.2) is 0 Å². The van der Waals surface area contributed by atoms with Crippen molar-refractivity contribution in [3.63, 3.8) is 0 Å². The van der Waals surface area contributed by atoms with Crippen molar-refractivity contribution in [1.82, 2.24) is 5.32 Å². The summed E-state index contributed by atoms with van der Waals surface area (Å²) in [5.41, 5.74) is 0.236. The monoisotopic (exact) mass is 213 g/mol. The minimum Gasteiger partial charge on any atom is -0.396 e. The summed E-state index contributed by atoms with van der Waals surface area (Å²) in [4.78, 5) is 0. The molecule has 1 saturated heterocycles. The lowest BCUT2D eigenvalue weighted by atomic mass is 10.00. The van der Waals surface area contributed by atoms with Gasteiger partial charge in [-0.15, -0.1) is 0 Å². The Labute approximate surface area is 92.2 Å². The second kappa shape index (κ2) is 4.81. The molecule has 0 spiro atoms. The first-order valence-electron chi connectivity index (χ1n) is 6.24. The highest BCUT2D eigenvalue weighted by atomic mass is 16.5. The molecule has 0 aromatic carbocycles. The molecule has 2 unspecified atom stereocenters. The molecule has 2 rings (SSSR count). The van der Waals surface area contributed by atoms with Gasteiger partial charge in [-0.1, -0.05) is 6.92 Å². The van der Waals surface area contributed by atoms with Crippen LogP contribution in [0, 0.1) is 5.41 Å². The van der Waals surface area contributed by atoms with Crippen molar-refractivity contribution in [2.45, 2.75) is 51.2 Å². The van der Waals surface area contributed by atoms with Crippen molar-refractivity contribution in [3.8, 4) is 0 Å². The van der Waals surface area contributed by atoms with Gasteiger partial charge in [-0.3, -0.25) is 0 Å². The first kappa shape index (κ1) is 11.4. The van der Waals surface area contributed by atoms with Crippen LogP contribution in [0.3, 0.4) is 0 Å². The lowest BCUT2D eigenvalue weighted by Crippen LogP contribution is -2.41. The van der Waals surface area contributed by atoms with Gasteiger partial charge in [0.25, 0.3) is 0 Å². The molecule has 15 heavy (non-hydrogen) atoms. The predicted octanol–water partition coefficient (Wildman–Crippen LogP) is 1.31. The van der Waals surface area contributed by atoms with Gasteiger partial charge in [0.2, 0.25) is 0 Å². The summed E-state index contributed by atoms with van der Waals surface area (Å²) in [6, 6.07) is 0.604. The minimum atomic E-state index is 0.236. The first-order chi connectivity index (χ1) is 7.28. The predicted molar refractivity (Wildman–Crippen MR) is 59.8 cm³/mol. The Hall–Kier alpha value is -0.120. The fraction of sp³-hybridized carbons (Fsp3) is 1.00. The van der Waals surface area contributed by atoms with E-state index in [1.165, 1.54) is 12.8 Å². The zero-order valence-electron chi connectivity index (χ0n) is 9.67. The highest BCUT2D eigenvalue weighted by Crippen LogP contribution is 2.44. The van der Waals surface area contributed by atoms with Crippen LogP contribution in [0.1, 0.15) is 39.0 Å². The number of nitrogens with one attached hydrogen (secondary N) is 1. The van der Waals surface area contributed by atoms with Gasteiger partial charge in [0.1, 0.15) is 0 Å². The zero-order valence-corrected chi connectivity index (χ0v) is 9.67. The zero-order chi connectivity index (χ0) is 10.7. The van der Waals surface area contributed by atoms with E-state index in [1.807, 2.05) is 0 Å². The first-order valence-corrected chi connectivity index (χ1v) is 6.24. The van der Waals surface area contributed by atoms with Crippen LogP contribution in [-0.2, 0) is 4.74 Å². The van der Waals surface area contributed by atoms with Crippen LogP contribution in [0.4, 0.5) is 0 Å². The molecule has 1 heterocycles. The summed E-state index contributed by atoms with van der Waals surface area (Å²) in [5, 5.41) is 12.8. The third-order valence-corrected chi connectivity index (χ3v) is 3.88. The molecule has 3 heteroatoms. The van der Waals surface area contributed by atoms with E-state index in [1.54, 1.807) is 0 Å². The van der Waals surface area contributed by atoms with E-state index in [0.717, 1.165) is 32.4 Å². The molecule has 1 aliphatic heterocycles. The number of hydrogen-bond donors (Lipinski definition) is 2. The fourth-order valence-corrected chi connectivity index (χ4v) is 2.28. The summed E-state index contributed by atoms with van der Waals surface area (Å²) < 4.78 is 5.64. The summed E-state index contributed by atoms with van der Waals surface area (Å²) >= 11 is 0. The summed E-state index contributed by atoms with van der Waals surface area (Å²) in [6.07, 6.45) is 6.20. The highest BCUT2D eigenvalue weighted by molar-refractivity contribution is 4.95. The Morgan fingerprint density at radius 3 is 2.87 bits per heavy atom. The van der Waals surface area contributed by atoms with Crippen LogP contribution in [0.15, 0.2) is 0 Å². The van der Waals surface area contributed by atoms with Crippen molar-refractivity contribution in [2.75, 3.05) is 19.8 Å². The van der Waals surface area contributed by atoms with Crippen molar-refractivity contribution in [2.24, 2.45) is 5.41 Å². The minimum absolute atomic E-state index is 0.236. The fourth-order valence-electron chi connectivity index (χ4n) is 2.28. The number of rotatable bonds is 5. The molecule has 3 nitrogen and oxygen atoms in total. The third kappa shape index (κ3) is 2.92. The molecule has 0 radical (unpaired) electrons. The smallest absolute Gasteiger partial charge is 0.0587 e. The van der Waals surface area contributed by atoms with Crippen LogP contribution >= 0.6 is 0 Å². The van der Waals surface area contributed by atoms with Crippen molar-refractivity contribution >= 4 is 0 Å². The maximum absolute atomic E-state index is 9.22. The van der Waals surface area contributed by atoms with E-state index >= 15 is 0 Å². The Bertz CT molecular complexity index is 204. The van der Waals surface area contributed by atoms with Crippen LogP contribution < -0.4 is 5.32 Å². The van der Waals surface area contributed by atoms with E-state index in [-0.39, 0.29) is 5.41 Å². The number of aliphatic hydroxyl groups is 1. The van der Waals surface area contributed by atoms with Crippen LogP contribution in [0.25, 0.3) is 0 Å². The van der Waals surface area contributed by atoms with E-state index in [4.69, 9.17) is 4.74 Å². The highest BCUT2D eigenvalue weighted by Gasteiger charge is 2.42. The molecule has 1 aliphatic carbocycles. The molecule has 0 amide bonds. The Morgan fingerprint density at radius 1 is 1.47 bits per heavy atom. The van der Waals surface area contributed by atoms with Gasteiger partial charge in [-0.05, 0) is 32.1 Å². The SMILES string of the molecule is CCC1CC(NCC2(CO)CC2)CCO1. The summed E-state index contributed by atoms with van der Waals surface area (Å²) in [5.74, 6) is 0. The Morgan fingerprint density at radius 2 is 2.27 bits per heavy atom. The second-order valence-corrected chi connectivity index (χ2v) is 5.16. The maximum Gasteiger partial charge on any atom is 0.0587 e. The van der Waals surface area contributed by atoms with E-state index in [2.05, 4.69) is 12.2 Å². The molecule has 2 N–H and O–H groups in total. The van der Waals surface area contributed by atoms with Crippen LogP contribution in [0.5, 0.6) is 0 Å². The van der Waals surface area contributed by atoms with Crippen LogP contribution in [-0.4, -0.2) is 37.0 Å². The van der Waals surface area contributed by atoms with Gasteiger partial charge in [0.05, 0.1) is 6.10 Å². The van der Waals surface area contributed by atoms with Gasteiger partial charge < -0.3 is 15.2 Å². The van der Waals surface area contributed by atoms with Gasteiger partial charge in [-0.25, -0.2) is 0 Å². The average Bonchev–Trinajstić information content (AvgIpc) is 3.07. The molecule has 0 aromatic heterocycles. The van der Waals surface area contributed by atoms with E-state index < -0.39 is 0 Å². The standard InChI is InChI=1S/C12H23NO2/c1-2-11-7-10(3-6-15-11)13-8-12(9-14)4-5-12/h10-11,13-14H,2-9H2,1H3. The largest absolute Gasteiger partial charge is 0.396 e. The lowest BCUT2D eigenvalue weighted by Gasteiger charge is -2.30. The average molecular weight is 213 g/mol. The topological polar surface area (TPSA) is 41.5 Å². The third-order valence-electron chi connectivity index (χ3n) is 3.88. The normalized spacial score (nSPS) is 34.0. The summed E-state index contributed by atoms with van der Waals surface area (Å²) in [7, 11) is 0. The lowest BCUT2D eigenvalue weighted by molar-refractivity contribution is -0.00128. The molecule has 1 saturated carbocycles. The molecule has 2 aliphatic rings. The second-order valence-electron chi connectivity index (χ2n) is 5.16. The Kier molecular flexibility index (Phi) is 3.65. The Balaban J connectivity index is 1.70. The van der Waals surface area contributed by atoms with Gasteiger partial charge in [-0.2, -0.15) is 0 Å². The van der Waals surface area contributed by atoms with Crippen molar-refractivity contribution in [3.05, 3.63) is 0 Å².